The van der Waals surface area contributed by atoms with E-state index < -0.39 is 0 Å². The first-order valence-corrected chi connectivity index (χ1v) is 7.33. The number of benzene rings is 1. The summed E-state index contributed by atoms with van der Waals surface area (Å²) in [5.41, 5.74) is 1.37. The molecule has 0 aliphatic heterocycles. The topological polar surface area (TPSA) is 12.0 Å². The molecule has 0 heterocycles. The Kier molecular flexibility index (Phi) is 7.06. The average Bonchev–Trinajstić information content (AvgIpc) is 2.37. The molecule has 1 atom stereocenters. The summed E-state index contributed by atoms with van der Waals surface area (Å²) in [4.78, 5) is 1.34. The molecule has 94 valence electrons. The van der Waals surface area contributed by atoms with E-state index in [-0.39, 0.29) is 0 Å². The van der Waals surface area contributed by atoms with Crippen LogP contribution < -0.4 is 5.32 Å². The molecule has 0 bridgehead atoms. The molecule has 1 rings (SSSR count). The third kappa shape index (κ3) is 5.42. The maximum absolute atomic E-state index is 3.50. The Morgan fingerprint density at radius 1 is 1.29 bits per heavy atom. The molecule has 0 saturated carbocycles. The Balaban J connectivity index is 2.48. The lowest BCUT2D eigenvalue weighted by molar-refractivity contribution is 0.570. The van der Waals surface area contributed by atoms with Gasteiger partial charge in [-0.1, -0.05) is 31.2 Å². The van der Waals surface area contributed by atoms with Crippen molar-refractivity contribution in [2.24, 2.45) is 0 Å². The van der Waals surface area contributed by atoms with Gasteiger partial charge in [-0.05, 0) is 44.5 Å². The van der Waals surface area contributed by atoms with Crippen LogP contribution in [0.1, 0.15) is 38.8 Å². The van der Waals surface area contributed by atoms with Crippen LogP contribution in [-0.4, -0.2) is 12.3 Å². The van der Waals surface area contributed by atoms with Gasteiger partial charge < -0.3 is 5.32 Å². The molecule has 1 aromatic carbocycles. The predicted octanol–water partition coefficient (Wildman–Crippen LogP) is 4.42. The summed E-state index contributed by atoms with van der Waals surface area (Å²) in [6.07, 6.45) is 5.46. The second kappa shape index (κ2) is 8.37. The van der Waals surface area contributed by atoms with Gasteiger partial charge in [0, 0.05) is 16.7 Å². The summed E-state index contributed by atoms with van der Waals surface area (Å²) in [6, 6.07) is 9.34. The number of rotatable bonds is 7. The molecule has 0 aliphatic rings. The van der Waals surface area contributed by atoms with Gasteiger partial charge in [0.1, 0.15) is 0 Å². The van der Waals surface area contributed by atoms with E-state index in [1.165, 1.54) is 16.9 Å². The maximum Gasteiger partial charge on any atom is 0.0291 e. The molecule has 0 amide bonds. The summed E-state index contributed by atoms with van der Waals surface area (Å²) in [5, 5.41) is 3.50. The average molecular weight is 249 g/mol. The highest BCUT2D eigenvalue weighted by Crippen LogP contribution is 2.21. The van der Waals surface area contributed by atoms with Gasteiger partial charge in [-0.2, -0.15) is 0 Å². The monoisotopic (exact) mass is 249 g/mol. The van der Waals surface area contributed by atoms with Crippen LogP contribution in [0.25, 0.3) is 0 Å². The molecule has 0 fully saturated rings. The van der Waals surface area contributed by atoms with E-state index in [0.29, 0.717) is 6.04 Å². The highest BCUT2D eigenvalue weighted by atomic mass is 32.2. The van der Waals surface area contributed by atoms with Crippen LogP contribution in [0.2, 0.25) is 0 Å². The highest BCUT2D eigenvalue weighted by Gasteiger charge is 2.03. The maximum atomic E-state index is 3.50. The van der Waals surface area contributed by atoms with Gasteiger partial charge in [-0.25, -0.2) is 0 Å². The van der Waals surface area contributed by atoms with E-state index in [9.17, 15) is 0 Å². The second-order valence-electron chi connectivity index (χ2n) is 4.12. The quantitative estimate of drug-likeness (QED) is 0.567. The lowest BCUT2D eigenvalue weighted by Gasteiger charge is -2.13. The van der Waals surface area contributed by atoms with Gasteiger partial charge in [0.25, 0.3) is 0 Å². The van der Waals surface area contributed by atoms with Crippen molar-refractivity contribution in [3.05, 3.63) is 42.0 Å². The molecule has 1 nitrogen and oxygen atoms in total. The minimum atomic E-state index is 0.449. The molecule has 2 heteroatoms. The zero-order chi connectivity index (χ0) is 12.5. The Bertz CT molecular complexity index is 329. The zero-order valence-corrected chi connectivity index (χ0v) is 11.9. The number of hydrogen-bond donors (Lipinski definition) is 1. The van der Waals surface area contributed by atoms with Crippen LogP contribution in [0.4, 0.5) is 0 Å². The molecular formula is C15H23NS. The van der Waals surface area contributed by atoms with Crippen LogP contribution >= 0.6 is 11.8 Å². The molecule has 0 aromatic heterocycles. The SMILES string of the molecule is CC=CCSc1ccc(C(C)NCCC)cc1. The van der Waals surface area contributed by atoms with Crippen molar-refractivity contribution < 1.29 is 0 Å². The second-order valence-corrected chi connectivity index (χ2v) is 5.22. The lowest BCUT2D eigenvalue weighted by atomic mass is 10.1. The van der Waals surface area contributed by atoms with Gasteiger partial charge >= 0.3 is 0 Å². The van der Waals surface area contributed by atoms with Crippen LogP contribution in [0.3, 0.4) is 0 Å². The summed E-state index contributed by atoms with van der Waals surface area (Å²) in [5.74, 6) is 1.06. The summed E-state index contributed by atoms with van der Waals surface area (Å²) < 4.78 is 0. The normalized spacial score (nSPS) is 13.1. The predicted molar refractivity (Wildman–Crippen MR) is 78.7 cm³/mol. The van der Waals surface area contributed by atoms with Crippen molar-refractivity contribution in [1.29, 1.82) is 0 Å². The van der Waals surface area contributed by atoms with Gasteiger partial charge in [-0.15, -0.1) is 11.8 Å². The van der Waals surface area contributed by atoms with Crippen molar-refractivity contribution in [3.63, 3.8) is 0 Å². The smallest absolute Gasteiger partial charge is 0.0291 e. The van der Waals surface area contributed by atoms with Crippen LogP contribution in [0, 0.1) is 0 Å². The molecule has 0 spiro atoms. The molecule has 0 aliphatic carbocycles. The van der Waals surface area contributed by atoms with E-state index in [0.717, 1.165) is 12.3 Å². The van der Waals surface area contributed by atoms with Gasteiger partial charge in [-0.3, -0.25) is 0 Å². The van der Waals surface area contributed by atoms with E-state index in [4.69, 9.17) is 0 Å². The molecule has 0 saturated heterocycles. The van der Waals surface area contributed by atoms with Crippen molar-refractivity contribution in [2.75, 3.05) is 12.3 Å². The zero-order valence-electron chi connectivity index (χ0n) is 11.1. The fraction of sp³-hybridized carbons (Fsp3) is 0.467. The fourth-order valence-corrected chi connectivity index (χ4v) is 2.38. The van der Waals surface area contributed by atoms with Gasteiger partial charge in [0.15, 0.2) is 0 Å². The number of thioether (sulfide) groups is 1. The molecule has 1 N–H and O–H groups in total. The minimum Gasteiger partial charge on any atom is -0.310 e. The minimum absolute atomic E-state index is 0.449. The van der Waals surface area contributed by atoms with Crippen LogP contribution in [-0.2, 0) is 0 Å². The van der Waals surface area contributed by atoms with E-state index in [1.54, 1.807) is 0 Å². The number of nitrogens with one attached hydrogen (secondary N) is 1. The Morgan fingerprint density at radius 2 is 2.00 bits per heavy atom. The molecule has 0 radical (unpaired) electrons. The number of allylic oxidation sites excluding steroid dienone is 1. The first-order chi connectivity index (χ1) is 8.27. The molecule has 1 unspecified atom stereocenters. The number of hydrogen-bond acceptors (Lipinski definition) is 2. The first kappa shape index (κ1) is 14.3. The van der Waals surface area contributed by atoms with E-state index >= 15 is 0 Å². The van der Waals surface area contributed by atoms with Crippen molar-refractivity contribution in [2.45, 2.75) is 38.1 Å². The Morgan fingerprint density at radius 3 is 2.59 bits per heavy atom. The molecular weight excluding hydrogens is 226 g/mol. The third-order valence-electron chi connectivity index (χ3n) is 2.66. The van der Waals surface area contributed by atoms with E-state index in [1.807, 2.05) is 11.8 Å². The van der Waals surface area contributed by atoms with E-state index in [2.05, 4.69) is 62.5 Å². The summed E-state index contributed by atoms with van der Waals surface area (Å²) in [6.45, 7) is 7.56. The highest BCUT2D eigenvalue weighted by molar-refractivity contribution is 7.99. The Hall–Kier alpha value is -0.730. The van der Waals surface area contributed by atoms with Gasteiger partial charge in [0.05, 0.1) is 0 Å². The van der Waals surface area contributed by atoms with Crippen molar-refractivity contribution >= 4 is 11.8 Å². The largest absolute Gasteiger partial charge is 0.310 e. The van der Waals surface area contributed by atoms with Crippen LogP contribution in [0.5, 0.6) is 0 Å². The molecule has 17 heavy (non-hydrogen) atoms. The summed E-state index contributed by atoms with van der Waals surface area (Å²) in [7, 11) is 0. The van der Waals surface area contributed by atoms with Crippen molar-refractivity contribution in [3.8, 4) is 0 Å². The van der Waals surface area contributed by atoms with Crippen LogP contribution in [0.15, 0.2) is 41.3 Å². The standard InChI is InChI=1S/C15H23NS/c1-4-6-12-17-15-9-7-14(8-10-15)13(3)16-11-5-2/h4,6-10,13,16H,5,11-12H2,1-3H3. The third-order valence-corrected chi connectivity index (χ3v) is 3.63. The summed E-state index contributed by atoms with van der Waals surface area (Å²) >= 11 is 1.88. The Labute approximate surface area is 110 Å². The lowest BCUT2D eigenvalue weighted by Crippen LogP contribution is -2.19. The first-order valence-electron chi connectivity index (χ1n) is 6.35. The fourth-order valence-electron chi connectivity index (χ4n) is 1.57. The molecule has 1 aromatic rings. The van der Waals surface area contributed by atoms with Gasteiger partial charge in [0.2, 0.25) is 0 Å². The van der Waals surface area contributed by atoms with Crippen molar-refractivity contribution in [1.82, 2.24) is 5.32 Å².